The third kappa shape index (κ3) is 7.05. The van der Waals surface area contributed by atoms with E-state index in [2.05, 4.69) is 33.9 Å². The summed E-state index contributed by atoms with van der Waals surface area (Å²) in [6.45, 7) is 5.47. The van der Waals surface area contributed by atoms with E-state index in [1.807, 2.05) is 6.26 Å². The number of benzene rings is 1. The smallest absolute Gasteiger partial charge is 0.353 e. The second-order valence-corrected chi connectivity index (χ2v) is 8.25. The Balaban J connectivity index is 1.89. The first-order chi connectivity index (χ1) is 14.1. The van der Waals surface area contributed by atoms with Gasteiger partial charge in [-0.15, -0.1) is 10.2 Å². The quantitative estimate of drug-likeness (QED) is 0.321. The number of amides is 1. The van der Waals surface area contributed by atoms with Gasteiger partial charge in [-0.2, -0.15) is 13.2 Å². The largest absolute Gasteiger partial charge is 0.416 e. The third-order valence-electron chi connectivity index (χ3n) is 4.14. The molecule has 1 heterocycles. The second-order valence-electron chi connectivity index (χ2n) is 7.07. The lowest BCUT2D eigenvalue weighted by atomic mass is 10.1. The van der Waals surface area contributed by atoms with Gasteiger partial charge in [-0.05, 0) is 48.4 Å². The van der Waals surface area contributed by atoms with Crippen LogP contribution in [0.1, 0.15) is 37.2 Å². The first-order valence-corrected chi connectivity index (χ1v) is 11.0. The Labute approximate surface area is 183 Å². The van der Waals surface area contributed by atoms with E-state index in [1.165, 1.54) is 23.9 Å². The lowest BCUT2D eigenvalue weighted by Crippen LogP contribution is -2.23. The fraction of sp³-hybridized carbons (Fsp3) is 0.450. The molecule has 0 aliphatic rings. The molecular weight excluding hydrogens is 437 g/mol. The minimum atomic E-state index is -4.47. The summed E-state index contributed by atoms with van der Waals surface area (Å²) in [7, 11) is 0. The van der Waals surface area contributed by atoms with Crippen molar-refractivity contribution in [1.29, 1.82) is 0 Å². The molecule has 5 nitrogen and oxygen atoms in total. The average Bonchev–Trinajstić information content (AvgIpc) is 3.04. The summed E-state index contributed by atoms with van der Waals surface area (Å²) in [5.41, 5.74) is -0.685. The zero-order valence-electron chi connectivity index (χ0n) is 17.0. The van der Waals surface area contributed by atoms with Gasteiger partial charge < -0.3 is 9.88 Å². The van der Waals surface area contributed by atoms with Crippen LogP contribution < -0.4 is 5.32 Å². The van der Waals surface area contributed by atoms with Gasteiger partial charge in [-0.3, -0.25) is 4.79 Å². The van der Waals surface area contributed by atoms with Gasteiger partial charge in [0, 0.05) is 30.6 Å². The Morgan fingerprint density at radius 2 is 2.07 bits per heavy atom. The molecule has 0 radical (unpaired) electrons. The summed E-state index contributed by atoms with van der Waals surface area (Å²) in [6.07, 6.45) is 1.25. The molecule has 2 rings (SSSR count). The van der Waals surface area contributed by atoms with E-state index in [9.17, 15) is 18.0 Å². The zero-order valence-corrected chi connectivity index (χ0v) is 18.5. The number of thioether (sulfide) groups is 1. The van der Waals surface area contributed by atoms with Crippen LogP contribution in [0.25, 0.3) is 6.08 Å². The van der Waals surface area contributed by atoms with Crippen molar-refractivity contribution >= 4 is 35.3 Å². The Bertz CT molecular complexity index is 897. The highest BCUT2D eigenvalue weighted by molar-refractivity contribution is 7.98. The van der Waals surface area contributed by atoms with Crippen LogP contribution in [0.4, 0.5) is 13.2 Å². The fourth-order valence-corrected chi connectivity index (χ4v) is 3.44. The number of hydrogen-bond acceptors (Lipinski definition) is 4. The van der Waals surface area contributed by atoms with Crippen molar-refractivity contribution in [3.05, 3.63) is 46.2 Å². The normalized spacial score (nSPS) is 12.1. The van der Waals surface area contributed by atoms with Crippen LogP contribution in [-0.2, 0) is 23.9 Å². The Hall–Kier alpha value is -2.00. The van der Waals surface area contributed by atoms with Crippen molar-refractivity contribution in [1.82, 2.24) is 20.1 Å². The Morgan fingerprint density at radius 1 is 1.33 bits per heavy atom. The third-order valence-corrected chi connectivity index (χ3v) is 5.15. The number of nitrogens with one attached hydrogen (secondary N) is 1. The highest BCUT2D eigenvalue weighted by Gasteiger charge is 2.30. The molecule has 2 aromatic rings. The molecule has 0 saturated carbocycles. The van der Waals surface area contributed by atoms with Crippen molar-refractivity contribution in [2.45, 2.75) is 44.6 Å². The monoisotopic (exact) mass is 460 g/mol. The number of nitrogens with zero attached hydrogens (tertiary/aromatic N) is 3. The van der Waals surface area contributed by atoms with Crippen molar-refractivity contribution in [3.63, 3.8) is 0 Å². The maximum absolute atomic E-state index is 12.8. The SMILES string of the molecule is CSc1nnc(CCCNC(=O)/C=C/c2cc(C(F)(F)F)ccc2Cl)n1CC(C)C. The van der Waals surface area contributed by atoms with Crippen LogP contribution in [0.2, 0.25) is 5.02 Å². The standard InChI is InChI=1S/C20H24ClF3N4OS/c1-13(2)12-28-17(26-27-19(28)30-3)5-4-10-25-18(29)9-6-14-11-15(20(22,23)24)7-8-16(14)21/h6-9,11,13H,4-5,10,12H2,1-3H3,(H,25,29)/b9-6+. The summed E-state index contributed by atoms with van der Waals surface area (Å²) >= 11 is 7.46. The van der Waals surface area contributed by atoms with E-state index in [-0.39, 0.29) is 10.6 Å². The molecule has 0 aliphatic heterocycles. The highest BCUT2D eigenvalue weighted by atomic mass is 35.5. The number of aromatic nitrogens is 3. The number of carbonyl (C=O) groups excluding carboxylic acids is 1. The Morgan fingerprint density at radius 3 is 2.70 bits per heavy atom. The Kier molecular flexibility index (Phi) is 8.78. The summed E-state index contributed by atoms with van der Waals surface area (Å²) < 4.78 is 40.5. The first kappa shape index (κ1) is 24.3. The maximum atomic E-state index is 12.8. The number of carbonyl (C=O) groups is 1. The zero-order chi connectivity index (χ0) is 22.3. The van der Waals surface area contributed by atoms with Crippen LogP contribution in [0.15, 0.2) is 29.4 Å². The molecule has 0 aliphatic carbocycles. The van der Waals surface area contributed by atoms with E-state index in [1.54, 1.807) is 0 Å². The van der Waals surface area contributed by atoms with Crippen LogP contribution in [0.5, 0.6) is 0 Å². The van der Waals surface area contributed by atoms with Crippen LogP contribution in [0.3, 0.4) is 0 Å². The molecule has 30 heavy (non-hydrogen) atoms. The van der Waals surface area contributed by atoms with Gasteiger partial charge in [0.25, 0.3) is 0 Å². The number of aryl methyl sites for hydroxylation is 1. The number of alkyl halides is 3. The van der Waals surface area contributed by atoms with Crippen LogP contribution in [-0.4, -0.2) is 33.5 Å². The predicted octanol–water partition coefficient (Wildman–Crippen LogP) is 5.09. The topological polar surface area (TPSA) is 59.8 Å². The second kappa shape index (κ2) is 10.9. The molecule has 10 heteroatoms. The van der Waals surface area contributed by atoms with Gasteiger partial charge in [0.05, 0.1) is 5.56 Å². The lowest BCUT2D eigenvalue weighted by Gasteiger charge is -2.11. The fourth-order valence-electron chi connectivity index (χ4n) is 2.73. The van der Waals surface area contributed by atoms with E-state index < -0.39 is 17.6 Å². The van der Waals surface area contributed by atoms with Crippen molar-refractivity contribution in [2.75, 3.05) is 12.8 Å². The van der Waals surface area contributed by atoms with E-state index >= 15 is 0 Å². The molecule has 0 saturated heterocycles. The molecule has 0 atom stereocenters. The highest BCUT2D eigenvalue weighted by Crippen LogP contribution is 2.32. The summed E-state index contributed by atoms with van der Waals surface area (Å²) in [5, 5.41) is 12.1. The molecule has 0 fully saturated rings. The predicted molar refractivity (Wildman–Crippen MR) is 113 cm³/mol. The van der Waals surface area contributed by atoms with Crippen LogP contribution in [0, 0.1) is 5.92 Å². The maximum Gasteiger partial charge on any atom is 0.416 e. The van der Waals surface area contributed by atoms with Gasteiger partial charge in [0.1, 0.15) is 5.82 Å². The first-order valence-electron chi connectivity index (χ1n) is 9.40. The molecule has 0 bridgehead atoms. The minimum absolute atomic E-state index is 0.132. The van der Waals surface area contributed by atoms with Crippen molar-refractivity contribution in [2.24, 2.45) is 5.92 Å². The van der Waals surface area contributed by atoms with Gasteiger partial charge in [0.15, 0.2) is 5.16 Å². The van der Waals surface area contributed by atoms with E-state index in [0.717, 1.165) is 35.7 Å². The molecule has 0 spiro atoms. The molecule has 1 aromatic heterocycles. The molecular formula is C20H24ClF3N4OS. The summed E-state index contributed by atoms with van der Waals surface area (Å²) in [4.78, 5) is 12.0. The van der Waals surface area contributed by atoms with Crippen molar-refractivity contribution in [3.8, 4) is 0 Å². The number of hydrogen-bond donors (Lipinski definition) is 1. The van der Waals surface area contributed by atoms with E-state index in [4.69, 9.17) is 11.6 Å². The molecule has 1 aromatic carbocycles. The molecule has 0 unspecified atom stereocenters. The summed E-state index contributed by atoms with van der Waals surface area (Å²) in [5.74, 6) is 0.920. The van der Waals surface area contributed by atoms with Gasteiger partial charge in [-0.25, -0.2) is 0 Å². The van der Waals surface area contributed by atoms with Gasteiger partial charge in [-0.1, -0.05) is 37.2 Å². The average molecular weight is 461 g/mol. The van der Waals surface area contributed by atoms with Crippen molar-refractivity contribution < 1.29 is 18.0 Å². The van der Waals surface area contributed by atoms with Crippen LogP contribution >= 0.6 is 23.4 Å². The van der Waals surface area contributed by atoms with Gasteiger partial charge in [0.2, 0.25) is 5.91 Å². The molecule has 164 valence electrons. The number of rotatable bonds is 9. The summed E-state index contributed by atoms with van der Waals surface area (Å²) in [6, 6.07) is 2.98. The van der Waals surface area contributed by atoms with Gasteiger partial charge >= 0.3 is 6.18 Å². The molecule has 1 amide bonds. The number of halogens is 4. The minimum Gasteiger partial charge on any atom is -0.353 e. The molecule has 1 N–H and O–H groups in total. The van der Waals surface area contributed by atoms with E-state index in [0.29, 0.717) is 25.3 Å². The lowest BCUT2D eigenvalue weighted by molar-refractivity contribution is -0.137.